The molecular weight excluding hydrogens is 344 g/mol. The van der Waals surface area contributed by atoms with Crippen molar-refractivity contribution in [3.63, 3.8) is 0 Å². The summed E-state index contributed by atoms with van der Waals surface area (Å²) in [6.45, 7) is 6.93. The van der Waals surface area contributed by atoms with Crippen LogP contribution in [0.5, 0.6) is 11.5 Å². The highest BCUT2D eigenvalue weighted by Gasteiger charge is 2.07. The number of hydrogen-bond donors (Lipinski definition) is 0. The minimum Gasteiger partial charge on any atom is -0.427 e. The van der Waals surface area contributed by atoms with Crippen molar-refractivity contribution < 1.29 is 23.8 Å². The lowest BCUT2D eigenvalue weighted by Gasteiger charge is -2.13. The molecule has 0 aliphatic rings. The van der Waals surface area contributed by atoms with Crippen LogP contribution >= 0.6 is 0 Å². The van der Waals surface area contributed by atoms with Crippen LogP contribution in [0.25, 0.3) is 6.08 Å². The SMILES string of the molecule is C=C[C@H](OC/C=C/c1ccc(OC(C)=O)cc1)c1ccc(OC(C)=O)cc1. The van der Waals surface area contributed by atoms with E-state index in [4.69, 9.17) is 14.2 Å². The molecule has 140 valence electrons. The van der Waals surface area contributed by atoms with Gasteiger partial charge in [0.1, 0.15) is 17.6 Å². The van der Waals surface area contributed by atoms with E-state index >= 15 is 0 Å². The van der Waals surface area contributed by atoms with Crippen molar-refractivity contribution in [2.75, 3.05) is 6.61 Å². The van der Waals surface area contributed by atoms with Gasteiger partial charge in [-0.25, -0.2) is 0 Å². The first-order chi connectivity index (χ1) is 13.0. The zero-order valence-electron chi connectivity index (χ0n) is 15.4. The van der Waals surface area contributed by atoms with Crippen LogP contribution in [0, 0.1) is 0 Å². The highest BCUT2D eigenvalue weighted by atomic mass is 16.5. The van der Waals surface area contributed by atoms with Gasteiger partial charge in [0.05, 0.1) is 6.61 Å². The molecule has 0 aliphatic heterocycles. The zero-order chi connectivity index (χ0) is 19.6. The quantitative estimate of drug-likeness (QED) is 0.391. The van der Waals surface area contributed by atoms with Crippen LogP contribution in [-0.2, 0) is 14.3 Å². The number of ether oxygens (including phenoxy) is 3. The third-order valence-electron chi connectivity index (χ3n) is 3.51. The first-order valence-corrected chi connectivity index (χ1v) is 8.45. The van der Waals surface area contributed by atoms with Crippen LogP contribution in [0.1, 0.15) is 31.1 Å². The van der Waals surface area contributed by atoms with Crippen LogP contribution in [0.15, 0.2) is 67.3 Å². The Hall–Kier alpha value is -3.18. The van der Waals surface area contributed by atoms with Gasteiger partial charge in [-0.3, -0.25) is 9.59 Å². The van der Waals surface area contributed by atoms with E-state index in [1.807, 2.05) is 36.4 Å². The Kier molecular flexibility index (Phi) is 7.52. The third kappa shape index (κ3) is 6.92. The maximum Gasteiger partial charge on any atom is 0.308 e. The fraction of sp³-hybridized carbons (Fsp3) is 0.182. The first kappa shape index (κ1) is 20.1. The summed E-state index contributed by atoms with van der Waals surface area (Å²) in [5.41, 5.74) is 1.88. The van der Waals surface area contributed by atoms with Gasteiger partial charge < -0.3 is 14.2 Å². The number of carbonyl (C=O) groups is 2. The van der Waals surface area contributed by atoms with E-state index in [1.165, 1.54) is 13.8 Å². The number of esters is 2. The Morgan fingerprint density at radius 3 is 1.93 bits per heavy atom. The molecule has 5 nitrogen and oxygen atoms in total. The van der Waals surface area contributed by atoms with Gasteiger partial charge in [-0.1, -0.05) is 42.5 Å². The number of hydrogen-bond acceptors (Lipinski definition) is 5. The molecule has 0 unspecified atom stereocenters. The molecule has 0 fully saturated rings. The molecule has 27 heavy (non-hydrogen) atoms. The molecule has 2 aromatic carbocycles. The average molecular weight is 366 g/mol. The van der Waals surface area contributed by atoms with E-state index < -0.39 is 0 Å². The minimum absolute atomic E-state index is 0.271. The van der Waals surface area contributed by atoms with Crippen LogP contribution in [-0.4, -0.2) is 18.5 Å². The molecule has 0 amide bonds. The van der Waals surface area contributed by atoms with E-state index in [9.17, 15) is 9.59 Å². The van der Waals surface area contributed by atoms with E-state index in [2.05, 4.69) is 6.58 Å². The molecule has 2 aromatic rings. The lowest BCUT2D eigenvalue weighted by atomic mass is 10.1. The van der Waals surface area contributed by atoms with E-state index in [1.54, 1.807) is 30.3 Å². The Bertz CT molecular complexity index is 804. The maximum atomic E-state index is 11.0. The van der Waals surface area contributed by atoms with Gasteiger partial charge in [-0.05, 0) is 35.4 Å². The number of benzene rings is 2. The Morgan fingerprint density at radius 1 is 0.926 bits per heavy atom. The second kappa shape index (κ2) is 10.1. The Labute approximate surface area is 158 Å². The van der Waals surface area contributed by atoms with Gasteiger partial charge >= 0.3 is 11.9 Å². The van der Waals surface area contributed by atoms with Gasteiger partial charge in [0.2, 0.25) is 0 Å². The summed E-state index contributed by atoms with van der Waals surface area (Å²) in [7, 11) is 0. The molecule has 0 heterocycles. The summed E-state index contributed by atoms with van der Waals surface area (Å²) in [6, 6.07) is 14.3. The first-order valence-electron chi connectivity index (χ1n) is 8.45. The van der Waals surface area contributed by atoms with Gasteiger partial charge in [0.15, 0.2) is 0 Å². The Morgan fingerprint density at radius 2 is 1.44 bits per heavy atom. The molecule has 0 aliphatic carbocycles. The summed E-state index contributed by atoms with van der Waals surface area (Å²) in [5.74, 6) is 0.305. The van der Waals surface area contributed by atoms with Crippen molar-refractivity contribution in [1.82, 2.24) is 0 Å². The summed E-state index contributed by atoms with van der Waals surface area (Å²) in [5, 5.41) is 0. The van der Waals surface area contributed by atoms with Crippen molar-refractivity contribution in [1.29, 1.82) is 0 Å². The molecule has 2 rings (SSSR count). The smallest absolute Gasteiger partial charge is 0.308 e. The van der Waals surface area contributed by atoms with Crippen molar-refractivity contribution in [3.05, 3.63) is 78.4 Å². The standard InChI is InChI=1S/C22H22O5/c1-4-22(19-9-13-21(14-10-19)27-17(3)24)25-15-5-6-18-7-11-20(12-8-18)26-16(2)23/h4-14,22H,1,15H2,2-3H3/b6-5+/t22-/m0/s1. The fourth-order valence-corrected chi connectivity index (χ4v) is 2.35. The monoisotopic (exact) mass is 366 g/mol. The average Bonchev–Trinajstić information content (AvgIpc) is 2.63. The highest BCUT2D eigenvalue weighted by Crippen LogP contribution is 2.22. The summed E-state index contributed by atoms with van der Waals surface area (Å²) < 4.78 is 15.8. The lowest BCUT2D eigenvalue weighted by Crippen LogP contribution is -2.03. The second-order valence-electron chi connectivity index (χ2n) is 5.72. The minimum atomic E-state index is -0.356. The Balaban J connectivity index is 1.88. The van der Waals surface area contributed by atoms with Gasteiger partial charge in [0.25, 0.3) is 0 Å². The third-order valence-corrected chi connectivity index (χ3v) is 3.51. The topological polar surface area (TPSA) is 61.8 Å². The van der Waals surface area contributed by atoms with Crippen LogP contribution < -0.4 is 9.47 Å². The molecule has 5 heteroatoms. The number of carbonyl (C=O) groups excluding carboxylic acids is 2. The molecule has 0 aromatic heterocycles. The molecule has 0 saturated heterocycles. The van der Waals surface area contributed by atoms with E-state index in [0.29, 0.717) is 18.1 Å². The van der Waals surface area contributed by atoms with Crippen molar-refractivity contribution >= 4 is 18.0 Å². The molecule has 1 atom stereocenters. The molecule has 0 spiro atoms. The van der Waals surface area contributed by atoms with E-state index in [-0.39, 0.29) is 18.0 Å². The largest absolute Gasteiger partial charge is 0.427 e. The molecule has 0 radical (unpaired) electrons. The van der Waals surface area contributed by atoms with Gasteiger partial charge in [0, 0.05) is 13.8 Å². The van der Waals surface area contributed by atoms with Crippen LogP contribution in [0.3, 0.4) is 0 Å². The normalized spacial score (nSPS) is 11.8. The highest BCUT2D eigenvalue weighted by molar-refractivity contribution is 5.69. The summed E-state index contributed by atoms with van der Waals surface area (Å²) in [4.78, 5) is 21.9. The van der Waals surface area contributed by atoms with Crippen LogP contribution in [0.4, 0.5) is 0 Å². The van der Waals surface area contributed by atoms with E-state index in [0.717, 1.165) is 11.1 Å². The maximum absolute atomic E-state index is 11.0. The predicted molar refractivity (Wildman–Crippen MR) is 103 cm³/mol. The van der Waals surface area contributed by atoms with Crippen molar-refractivity contribution in [2.45, 2.75) is 20.0 Å². The van der Waals surface area contributed by atoms with Gasteiger partial charge in [-0.15, -0.1) is 6.58 Å². The van der Waals surface area contributed by atoms with Crippen LogP contribution in [0.2, 0.25) is 0 Å². The molecule has 0 saturated carbocycles. The fourth-order valence-electron chi connectivity index (χ4n) is 2.35. The molecule has 0 bridgehead atoms. The van der Waals surface area contributed by atoms with Crippen molar-refractivity contribution in [2.24, 2.45) is 0 Å². The molecule has 0 N–H and O–H groups in total. The predicted octanol–water partition coefficient (Wildman–Crippen LogP) is 4.49. The second-order valence-corrected chi connectivity index (χ2v) is 5.72. The number of rotatable bonds is 8. The summed E-state index contributed by atoms with van der Waals surface area (Å²) in [6.07, 6.45) is 5.25. The lowest BCUT2D eigenvalue weighted by molar-refractivity contribution is -0.132. The zero-order valence-corrected chi connectivity index (χ0v) is 15.4. The summed E-state index contributed by atoms with van der Waals surface area (Å²) >= 11 is 0. The van der Waals surface area contributed by atoms with Crippen molar-refractivity contribution in [3.8, 4) is 11.5 Å². The van der Waals surface area contributed by atoms with Gasteiger partial charge in [-0.2, -0.15) is 0 Å². The molecular formula is C22H22O5.